The molecule has 4 rings (SSSR count). The van der Waals surface area contributed by atoms with E-state index in [2.05, 4.69) is 59.1 Å². The van der Waals surface area contributed by atoms with Gasteiger partial charge in [0.15, 0.2) is 0 Å². The Morgan fingerprint density at radius 2 is 1.53 bits per heavy atom. The minimum Gasteiger partial charge on any atom is -0.299 e. The van der Waals surface area contributed by atoms with Gasteiger partial charge in [-0.1, -0.05) is 42.5 Å². The molecule has 0 fully saturated rings. The molecule has 0 saturated carbocycles. The number of benzene rings is 2. The Morgan fingerprint density at radius 1 is 0.737 bits per heavy atom. The van der Waals surface area contributed by atoms with Crippen LogP contribution in [-0.2, 0) is 0 Å². The van der Waals surface area contributed by atoms with Crippen LogP contribution in [0.2, 0.25) is 0 Å². The van der Waals surface area contributed by atoms with Gasteiger partial charge in [0.25, 0.3) is 0 Å². The predicted octanol–water partition coefficient (Wildman–Crippen LogP) is 4.15. The molecule has 0 saturated heterocycles. The summed E-state index contributed by atoms with van der Waals surface area (Å²) in [5.74, 6) is 0. The molecule has 2 aromatic carbocycles. The highest BCUT2D eigenvalue weighted by atomic mass is 15.0. The average molecular weight is 244 g/mol. The molecule has 19 heavy (non-hydrogen) atoms. The highest BCUT2D eigenvalue weighted by molar-refractivity contribution is 5.87. The van der Waals surface area contributed by atoms with Gasteiger partial charge in [0.1, 0.15) is 5.65 Å². The summed E-state index contributed by atoms with van der Waals surface area (Å²) in [5.41, 5.74) is 5.55. The number of aromatic nitrogens is 2. The van der Waals surface area contributed by atoms with E-state index in [9.17, 15) is 0 Å². The van der Waals surface area contributed by atoms with Crippen LogP contribution in [0.5, 0.6) is 0 Å². The molecular weight excluding hydrogens is 232 g/mol. The van der Waals surface area contributed by atoms with Crippen LogP contribution in [0, 0.1) is 0 Å². The van der Waals surface area contributed by atoms with Crippen LogP contribution in [-0.4, -0.2) is 9.38 Å². The molecule has 2 aromatic heterocycles. The molecule has 90 valence electrons. The van der Waals surface area contributed by atoms with E-state index in [-0.39, 0.29) is 0 Å². The molecule has 2 heterocycles. The molecule has 0 radical (unpaired) electrons. The summed E-state index contributed by atoms with van der Waals surface area (Å²) in [6.07, 6.45) is 2.07. The number of nitrogens with zero attached hydrogens (tertiary/aromatic N) is 2. The summed E-state index contributed by atoms with van der Waals surface area (Å²) in [6.45, 7) is 0. The van der Waals surface area contributed by atoms with Gasteiger partial charge in [0.2, 0.25) is 0 Å². The number of pyridine rings is 1. The van der Waals surface area contributed by atoms with E-state index in [1.165, 1.54) is 11.1 Å². The minimum atomic E-state index is 1.01. The number of rotatable bonds is 1. The largest absolute Gasteiger partial charge is 0.299 e. The molecule has 0 N–H and O–H groups in total. The van der Waals surface area contributed by atoms with Crippen LogP contribution >= 0.6 is 0 Å². The van der Waals surface area contributed by atoms with Crippen molar-refractivity contribution in [2.75, 3.05) is 0 Å². The van der Waals surface area contributed by atoms with Crippen LogP contribution in [0.25, 0.3) is 27.8 Å². The first kappa shape index (κ1) is 10.3. The predicted molar refractivity (Wildman–Crippen MR) is 78.1 cm³/mol. The molecule has 0 aliphatic carbocycles. The monoisotopic (exact) mass is 244 g/mol. The zero-order valence-corrected chi connectivity index (χ0v) is 10.3. The molecule has 0 bridgehead atoms. The second kappa shape index (κ2) is 3.95. The maximum absolute atomic E-state index is 4.75. The zero-order valence-electron chi connectivity index (χ0n) is 10.3. The van der Waals surface area contributed by atoms with Crippen molar-refractivity contribution in [1.29, 1.82) is 0 Å². The van der Waals surface area contributed by atoms with Crippen molar-refractivity contribution in [1.82, 2.24) is 9.38 Å². The summed E-state index contributed by atoms with van der Waals surface area (Å²) in [7, 11) is 0. The van der Waals surface area contributed by atoms with E-state index in [1.54, 1.807) is 0 Å². The Labute approximate surface area is 111 Å². The Bertz CT molecular complexity index is 860. The van der Waals surface area contributed by atoms with Crippen molar-refractivity contribution >= 4 is 16.7 Å². The van der Waals surface area contributed by atoms with Crippen LogP contribution in [0.4, 0.5) is 0 Å². The van der Waals surface area contributed by atoms with Gasteiger partial charge in [-0.3, -0.25) is 4.40 Å². The molecule has 0 aliphatic heterocycles. The standard InChI is InChI=1S/C17H12N2/c1-2-7-13(8-3-1)14-9-6-12-19-16-11-5-4-10-15(16)18-17(14)19/h1-12H. The third-order valence-corrected chi connectivity index (χ3v) is 3.42. The highest BCUT2D eigenvalue weighted by Gasteiger charge is 2.08. The SMILES string of the molecule is c1ccc(-c2cccn3c2nc2ccccc23)cc1. The van der Waals surface area contributed by atoms with Gasteiger partial charge >= 0.3 is 0 Å². The van der Waals surface area contributed by atoms with E-state index in [1.807, 2.05) is 18.2 Å². The number of fused-ring (bicyclic) bond motifs is 3. The lowest BCUT2D eigenvalue weighted by Crippen LogP contribution is -1.87. The third-order valence-electron chi connectivity index (χ3n) is 3.42. The van der Waals surface area contributed by atoms with Gasteiger partial charge in [-0.05, 0) is 29.8 Å². The molecule has 2 heteroatoms. The van der Waals surface area contributed by atoms with Crippen molar-refractivity contribution < 1.29 is 0 Å². The molecule has 0 amide bonds. The zero-order chi connectivity index (χ0) is 12.7. The van der Waals surface area contributed by atoms with Crippen molar-refractivity contribution in [2.45, 2.75) is 0 Å². The summed E-state index contributed by atoms with van der Waals surface area (Å²) < 4.78 is 2.15. The molecule has 0 unspecified atom stereocenters. The van der Waals surface area contributed by atoms with Gasteiger partial charge in [0.05, 0.1) is 11.0 Å². The molecule has 0 atom stereocenters. The van der Waals surface area contributed by atoms with Crippen LogP contribution in [0.1, 0.15) is 0 Å². The maximum Gasteiger partial charge on any atom is 0.145 e. The van der Waals surface area contributed by atoms with E-state index in [4.69, 9.17) is 4.98 Å². The summed E-state index contributed by atoms with van der Waals surface area (Å²) in [5, 5.41) is 0. The first-order valence-electron chi connectivity index (χ1n) is 6.35. The number of hydrogen-bond donors (Lipinski definition) is 0. The molecule has 4 aromatic rings. The lowest BCUT2D eigenvalue weighted by molar-refractivity contribution is 1.23. The van der Waals surface area contributed by atoms with Crippen LogP contribution < -0.4 is 0 Å². The first-order chi connectivity index (χ1) is 9.43. The van der Waals surface area contributed by atoms with Crippen molar-refractivity contribution in [3.05, 3.63) is 72.9 Å². The van der Waals surface area contributed by atoms with Crippen LogP contribution in [0.15, 0.2) is 72.9 Å². The average Bonchev–Trinajstić information content (AvgIpc) is 2.87. The molecule has 0 aliphatic rings. The van der Waals surface area contributed by atoms with Crippen molar-refractivity contribution in [2.24, 2.45) is 0 Å². The second-order valence-electron chi connectivity index (χ2n) is 4.58. The number of imidazole rings is 1. The fourth-order valence-electron chi connectivity index (χ4n) is 2.53. The third kappa shape index (κ3) is 1.54. The Morgan fingerprint density at radius 3 is 2.42 bits per heavy atom. The van der Waals surface area contributed by atoms with E-state index >= 15 is 0 Å². The van der Waals surface area contributed by atoms with Gasteiger partial charge in [-0.15, -0.1) is 0 Å². The summed E-state index contributed by atoms with van der Waals surface area (Å²) in [4.78, 5) is 4.75. The highest BCUT2D eigenvalue weighted by Crippen LogP contribution is 2.26. The van der Waals surface area contributed by atoms with Gasteiger partial charge < -0.3 is 0 Å². The first-order valence-corrected chi connectivity index (χ1v) is 6.35. The molecule has 2 nitrogen and oxygen atoms in total. The Kier molecular flexibility index (Phi) is 2.15. The maximum atomic E-state index is 4.75. The van der Waals surface area contributed by atoms with Gasteiger partial charge in [0, 0.05) is 11.8 Å². The van der Waals surface area contributed by atoms with E-state index in [0.717, 1.165) is 16.7 Å². The smallest absolute Gasteiger partial charge is 0.145 e. The van der Waals surface area contributed by atoms with Crippen molar-refractivity contribution in [3.8, 4) is 11.1 Å². The summed E-state index contributed by atoms with van der Waals surface area (Å²) in [6, 6.07) is 22.8. The quantitative estimate of drug-likeness (QED) is 0.491. The number of hydrogen-bond acceptors (Lipinski definition) is 1. The Hall–Kier alpha value is -2.61. The van der Waals surface area contributed by atoms with Crippen molar-refractivity contribution in [3.63, 3.8) is 0 Å². The van der Waals surface area contributed by atoms with Gasteiger partial charge in [-0.25, -0.2) is 4.98 Å². The lowest BCUT2D eigenvalue weighted by atomic mass is 10.1. The second-order valence-corrected chi connectivity index (χ2v) is 4.58. The fourth-order valence-corrected chi connectivity index (χ4v) is 2.53. The Balaban J connectivity index is 2.13. The lowest BCUT2D eigenvalue weighted by Gasteiger charge is -2.03. The van der Waals surface area contributed by atoms with Crippen LogP contribution in [0.3, 0.4) is 0 Å². The summed E-state index contributed by atoms with van der Waals surface area (Å²) >= 11 is 0. The molecule has 0 spiro atoms. The topological polar surface area (TPSA) is 17.3 Å². The van der Waals surface area contributed by atoms with E-state index < -0.39 is 0 Å². The molecular formula is C17H12N2. The van der Waals surface area contributed by atoms with Gasteiger partial charge in [-0.2, -0.15) is 0 Å². The minimum absolute atomic E-state index is 1.01. The number of para-hydroxylation sites is 2. The normalized spacial score (nSPS) is 11.2. The fraction of sp³-hybridized carbons (Fsp3) is 0. The van der Waals surface area contributed by atoms with E-state index in [0.29, 0.717) is 0 Å².